The molecule has 0 spiro atoms. The molecular formula is C18H26N4O2. The molecule has 1 unspecified atom stereocenters. The van der Waals surface area contributed by atoms with Gasteiger partial charge in [0.15, 0.2) is 0 Å². The van der Waals surface area contributed by atoms with Gasteiger partial charge in [0.05, 0.1) is 0 Å². The second-order valence-electron chi connectivity index (χ2n) is 6.64. The molecule has 130 valence electrons. The van der Waals surface area contributed by atoms with E-state index < -0.39 is 11.9 Å². The first-order valence-electron chi connectivity index (χ1n) is 8.87. The summed E-state index contributed by atoms with van der Waals surface area (Å²) in [6.07, 6.45) is 6.47. The second-order valence-corrected chi connectivity index (χ2v) is 6.64. The van der Waals surface area contributed by atoms with Gasteiger partial charge in [-0.25, -0.2) is 4.79 Å². The molecule has 3 amide bonds. The Morgan fingerprint density at radius 3 is 2.50 bits per heavy atom. The predicted molar refractivity (Wildman–Crippen MR) is 95.1 cm³/mol. The average Bonchev–Trinajstić information content (AvgIpc) is 2.91. The third-order valence-corrected chi connectivity index (χ3v) is 4.91. The number of hydrogen-bond acceptors (Lipinski definition) is 3. The molecule has 2 fully saturated rings. The van der Waals surface area contributed by atoms with E-state index in [0.29, 0.717) is 13.0 Å². The number of hydrogen-bond donors (Lipinski definition) is 2. The minimum absolute atomic E-state index is 0.246. The number of primary amides is 1. The van der Waals surface area contributed by atoms with Gasteiger partial charge in [-0.15, -0.1) is 0 Å². The molecule has 3 N–H and O–H groups in total. The van der Waals surface area contributed by atoms with E-state index in [9.17, 15) is 9.59 Å². The Kier molecular flexibility index (Phi) is 5.23. The maximum Gasteiger partial charge on any atom is 0.322 e. The molecule has 2 aliphatic heterocycles. The highest BCUT2D eigenvalue weighted by atomic mass is 16.2. The maximum atomic E-state index is 12.5. The van der Waals surface area contributed by atoms with Crippen molar-refractivity contribution in [3.63, 3.8) is 0 Å². The lowest BCUT2D eigenvalue weighted by atomic mass is 10.2. The Bertz CT molecular complexity index is 596. The lowest BCUT2D eigenvalue weighted by Crippen LogP contribution is -2.45. The van der Waals surface area contributed by atoms with Crippen LogP contribution in [0.2, 0.25) is 0 Å². The van der Waals surface area contributed by atoms with Crippen molar-refractivity contribution in [2.45, 2.75) is 44.6 Å². The molecule has 3 rings (SSSR count). The van der Waals surface area contributed by atoms with Gasteiger partial charge in [0.1, 0.15) is 6.04 Å². The van der Waals surface area contributed by atoms with Crippen molar-refractivity contribution in [3.8, 4) is 0 Å². The summed E-state index contributed by atoms with van der Waals surface area (Å²) in [4.78, 5) is 27.8. The van der Waals surface area contributed by atoms with Crippen LogP contribution in [0, 0.1) is 0 Å². The monoisotopic (exact) mass is 330 g/mol. The zero-order valence-electron chi connectivity index (χ0n) is 14.0. The van der Waals surface area contributed by atoms with Crippen LogP contribution in [0.25, 0.3) is 0 Å². The first-order chi connectivity index (χ1) is 11.6. The Balaban J connectivity index is 1.67. The second kappa shape index (κ2) is 7.55. The fraction of sp³-hybridized carbons (Fsp3) is 0.556. The van der Waals surface area contributed by atoms with E-state index >= 15 is 0 Å². The zero-order valence-corrected chi connectivity index (χ0v) is 14.0. The van der Waals surface area contributed by atoms with Crippen LogP contribution in [-0.4, -0.2) is 42.5 Å². The number of likely N-dealkylation sites (tertiary alicyclic amines) is 1. The van der Waals surface area contributed by atoms with E-state index in [4.69, 9.17) is 5.73 Å². The molecule has 6 heteroatoms. The van der Waals surface area contributed by atoms with Gasteiger partial charge in [0.2, 0.25) is 5.91 Å². The normalized spacial score (nSPS) is 21.4. The summed E-state index contributed by atoms with van der Waals surface area (Å²) in [5.41, 5.74) is 7.29. The highest BCUT2D eigenvalue weighted by molar-refractivity contribution is 5.94. The fourth-order valence-electron chi connectivity index (χ4n) is 3.61. The maximum absolute atomic E-state index is 12.5. The largest absolute Gasteiger partial charge is 0.371 e. The third-order valence-electron chi connectivity index (χ3n) is 4.91. The molecule has 1 aromatic rings. The molecule has 1 atom stereocenters. The average molecular weight is 330 g/mol. The lowest BCUT2D eigenvalue weighted by molar-refractivity contribution is -0.121. The molecule has 0 radical (unpaired) electrons. The Labute approximate surface area is 143 Å². The van der Waals surface area contributed by atoms with Gasteiger partial charge in [-0.05, 0) is 43.9 Å². The number of rotatable bonds is 3. The van der Waals surface area contributed by atoms with Crippen LogP contribution in [0.15, 0.2) is 24.3 Å². The number of nitrogens with zero attached hydrogens (tertiary/aromatic N) is 2. The summed E-state index contributed by atoms with van der Waals surface area (Å²) >= 11 is 0. The minimum atomic E-state index is -0.487. The van der Waals surface area contributed by atoms with Gasteiger partial charge in [0.25, 0.3) is 0 Å². The van der Waals surface area contributed by atoms with E-state index in [2.05, 4.69) is 16.3 Å². The molecule has 1 aromatic carbocycles. The molecule has 2 heterocycles. The number of carbonyl (C=O) groups excluding carboxylic acids is 2. The fourth-order valence-corrected chi connectivity index (χ4v) is 3.61. The van der Waals surface area contributed by atoms with Crippen molar-refractivity contribution in [3.05, 3.63) is 24.3 Å². The van der Waals surface area contributed by atoms with Crippen molar-refractivity contribution < 1.29 is 9.59 Å². The molecule has 6 nitrogen and oxygen atoms in total. The van der Waals surface area contributed by atoms with Gasteiger partial charge >= 0.3 is 6.03 Å². The van der Waals surface area contributed by atoms with E-state index in [-0.39, 0.29) is 6.03 Å². The SMILES string of the molecule is NC(=O)C1CCCN1C(=O)Nc1cccc(N2CCCCCC2)c1. The van der Waals surface area contributed by atoms with Crippen LogP contribution in [0.5, 0.6) is 0 Å². The van der Waals surface area contributed by atoms with Crippen LogP contribution < -0.4 is 16.0 Å². The van der Waals surface area contributed by atoms with E-state index in [0.717, 1.165) is 30.9 Å². The Hall–Kier alpha value is -2.24. The van der Waals surface area contributed by atoms with Crippen molar-refractivity contribution in [1.29, 1.82) is 0 Å². The van der Waals surface area contributed by atoms with Gasteiger partial charge in [-0.2, -0.15) is 0 Å². The van der Waals surface area contributed by atoms with Gasteiger partial charge in [-0.3, -0.25) is 4.79 Å². The van der Waals surface area contributed by atoms with E-state index in [1.165, 1.54) is 25.7 Å². The van der Waals surface area contributed by atoms with Crippen LogP contribution in [-0.2, 0) is 4.79 Å². The minimum Gasteiger partial charge on any atom is -0.371 e. The molecule has 0 saturated carbocycles. The summed E-state index contributed by atoms with van der Waals surface area (Å²) in [5, 5.41) is 2.92. The number of carbonyl (C=O) groups is 2. The van der Waals surface area contributed by atoms with Crippen LogP contribution in [0.1, 0.15) is 38.5 Å². The first kappa shape index (κ1) is 16.6. The number of anilines is 2. The molecule has 2 saturated heterocycles. The van der Waals surface area contributed by atoms with Gasteiger partial charge in [0, 0.05) is 31.0 Å². The third kappa shape index (κ3) is 3.80. The lowest BCUT2D eigenvalue weighted by Gasteiger charge is -2.25. The van der Waals surface area contributed by atoms with Crippen molar-refractivity contribution in [2.24, 2.45) is 5.73 Å². The molecule has 2 aliphatic rings. The van der Waals surface area contributed by atoms with E-state index in [1.54, 1.807) is 4.90 Å². The smallest absolute Gasteiger partial charge is 0.322 e. The summed E-state index contributed by atoms with van der Waals surface area (Å²) in [7, 11) is 0. The Morgan fingerprint density at radius 1 is 1.04 bits per heavy atom. The molecular weight excluding hydrogens is 304 g/mol. The summed E-state index contributed by atoms with van der Waals surface area (Å²) in [5.74, 6) is -0.430. The van der Waals surface area contributed by atoms with Gasteiger partial charge in [-0.1, -0.05) is 18.9 Å². The standard InChI is InChI=1S/C18H26N4O2/c19-17(23)16-9-6-12-22(16)18(24)20-14-7-5-8-15(13-14)21-10-3-1-2-4-11-21/h5,7-8,13,16H,1-4,6,9-12H2,(H2,19,23)(H,20,24). The van der Waals surface area contributed by atoms with Crippen molar-refractivity contribution in [1.82, 2.24) is 4.90 Å². The number of nitrogens with two attached hydrogens (primary N) is 1. The van der Waals surface area contributed by atoms with Crippen LogP contribution in [0.4, 0.5) is 16.2 Å². The highest BCUT2D eigenvalue weighted by Gasteiger charge is 2.32. The number of benzene rings is 1. The van der Waals surface area contributed by atoms with Crippen molar-refractivity contribution in [2.75, 3.05) is 29.9 Å². The summed E-state index contributed by atoms with van der Waals surface area (Å²) in [6.45, 7) is 2.70. The number of nitrogens with one attached hydrogen (secondary N) is 1. The molecule has 0 aliphatic carbocycles. The quantitative estimate of drug-likeness (QED) is 0.894. The van der Waals surface area contributed by atoms with E-state index in [1.807, 2.05) is 18.2 Å². The summed E-state index contributed by atoms with van der Waals surface area (Å²) in [6, 6.07) is 7.21. The van der Waals surface area contributed by atoms with Crippen LogP contribution >= 0.6 is 0 Å². The number of urea groups is 1. The molecule has 0 aromatic heterocycles. The zero-order chi connectivity index (χ0) is 16.9. The molecule has 0 bridgehead atoms. The predicted octanol–water partition coefficient (Wildman–Crippen LogP) is 2.55. The first-order valence-corrected chi connectivity index (χ1v) is 8.87. The molecule has 24 heavy (non-hydrogen) atoms. The van der Waals surface area contributed by atoms with Crippen molar-refractivity contribution >= 4 is 23.3 Å². The Morgan fingerprint density at radius 2 is 1.79 bits per heavy atom. The number of amides is 3. The topological polar surface area (TPSA) is 78.7 Å². The summed E-state index contributed by atoms with van der Waals surface area (Å²) < 4.78 is 0. The van der Waals surface area contributed by atoms with Crippen LogP contribution in [0.3, 0.4) is 0 Å². The highest BCUT2D eigenvalue weighted by Crippen LogP contribution is 2.24. The van der Waals surface area contributed by atoms with Gasteiger partial charge < -0.3 is 20.9 Å².